The summed E-state index contributed by atoms with van der Waals surface area (Å²) in [6.45, 7) is 6.69. The molecule has 2 aliphatic rings. The first-order valence-corrected chi connectivity index (χ1v) is 6.48. The molecular weight excluding hydrogens is 200 g/mol. The Morgan fingerprint density at radius 1 is 1.25 bits per heavy atom. The normalized spacial score (nSPS) is 33.1. The summed E-state index contributed by atoms with van der Waals surface area (Å²) >= 11 is 0. The Balaban J connectivity index is 1.72. The van der Waals surface area contributed by atoms with Crippen LogP contribution in [0.3, 0.4) is 0 Å². The van der Waals surface area contributed by atoms with Crippen molar-refractivity contribution in [2.45, 2.75) is 58.0 Å². The third kappa shape index (κ3) is 2.97. The highest BCUT2D eigenvalue weighted by molar-refractivity contribution is 5.78. The Morgan fingerprint density at radius 2 is 2.00 bits per heavy atom. The molecule has 3 unspecified atom stereocenters. The summed E-state index contributed by atoms with van der Waals surface area (Å²) in [7, 11) is 0. The molecule has 3 heteroatoms. The molecule has 0 aromatic rings. The van der Waals surface area contributed by atoms with E-state index in [-0.39, 0.29) is 11.4 Å². The van der Waals surface area contributed by atoms with Crippen LogP contribution >= 0.6 is 0 Å². The topological polar surface area (TPSA) is 41.1 Å². The van der Waals surface area contributed by atoms with Gasteiger partial charge in [0.1, 0.15) is 0 Å². The van der Waals surface area contributed by atoms with Crippen LogP contribution in [-0.4, -0.2) is 24.0 Å². The van der Waals surface area contributed by atoms with Crippen molar-refractivity contribution in [3.8, 4) is 0 Å². The molecular formula is C13H24N2O. The second kappa shape index (κ2) is 4.36. The number of carbonyl (C=O) groups excluding carboxylic acids is 1. The molecule has 0 aromatic carbocycles. The zero-order valence-electron chi connectivity index (χ0n) is 10.7. The van der Waals surface area contributed by atoms with Crippen LogP contribution in [0.1, 0.15) is 46.5 Å². The molecule has 2 saturated carbocycles. The van der Waals surface area contributed by atoms with Crippen molar-refractivity contribution < 1.29 is 4.79 Å². The minimum atomic E-state index is 0.0199. The fraction of sp³-hybridized carbons (Fsp3) is 0.923. The van der Waals surface area contributed by atoms with Gasteiger partial charge in [0.05, 0.1) is 6.54 Å². The van der Waals surface area contributed by atoms with Crippen LogP contribution in [0.4, 0.5) is 0 Å². The van der Waals surface area contributed by atoms with Gasteiger partial charge >= 0.3 is 0 Å². The summed E-state index contributed by atoms with van der Waals surface area (Å²) in [5.41, 5.74) is 0.0199. The van der Waals surface area contributed by atoms with E-state index >= 15 is 0 Å². The van der Waals surface area contributed by atoms with Crippen LogP contribution in [0.5, 0.6) is 0 Å². The molecule has 0 aromatic heterocycles. The van der Waals surface area contributed by atoms with Crippen LogP contribution < -0.4 is 10.6 Å². The molecule has 0 heterocycles. The SMILES string of the molecule is CC(C)(C)NCC(=O)NC1CC2CCC1C2. The van der Waals surface area contributed by atoms with Gasteiger partial charge in [-0.15, -0.1) is 0 Å². The summed E-state index contributed by atoms with van der Waals surface area (Å²) < 4.78 is 0. The minimum absolute atomic E-state index is 0.0199. The van der Waals surface area contributed by atoms with Crippen molar-refractivity contribution in [3.05, 3.63) is 0 Å². The molecule has 2 N–H and O–H groups in total. The number of rotatable bonds is 3. The molecule has 92 valence electrons. The predicted molar refractivity (Wildman–Crippen MR) is 65.1 cm³/mol. The summed E-state index contributed by atoms with van der Waals surface area (Å²) in [5.74, 6) is 1.82. The average molecular weight is 224 g/mol. The van der Waals surface area contributed by atoms with E-state index in [4.69, 9.17) is 0 Å². The van der Waals surface area contributed by atoms with E-state index in [0.29, 0.717) is 12.6 Å². The van der Waals surface area contributed by atoms with E-state index in [0.717, 1.165) is 11.8 Å². The van der Waals surface area contributed by atoms with Gasteiger partial charge < -0.3 is 10.6 Å². The van der Waals surface area contributed by atoms with E-state index in [1.165, 1.54) is 25.7 Å². The maximum atomic E-state index is 11.7. The largest absolute Gasteiger partial charge is 0.352 e. The van der Waals surface area contributed by atoms with Crippen LogP contribution in [0.2, 0.25) is 0 Å². The fourth-order valence-electron chi connectivity index (χ4n) is 3.02. The second-order valence-corrected chi connectivity index (χ2v) is 6.45. The lowest BCUT2D eigenvalue weighted by Gasteiger charge is -2.25. The van der Waals surface area contributed by atoms with Gasteiger partial charge in [0.15, 0.2) is 0 Å². The van der Waals surface area contributed by atoms with Gasteiger partial charge in [-0.3, -0.25) is 4.79 Å². The van der Waals surface area contributed by atoms with Crippen molar-refractivity contribution >= 4 is 5.91 Å². The molecule has 2 rings (SSSR count). The number of amides is 1. The first-order valence-electron chi connectivity index (χ1n) is 6.48. The molecule has 3 atom stereocenters. The molecule has 0 saturated heterocycles. The van der Waals surface area contributed by atoms with E-state index in [1.807, 2.05) is 0 Å². The molecule has 16 heavy (non-hydrogen) atoms. The lowest BCUT2D eigenvalue weighted by molar-refractivity contribution is -0.121. The monoisotopic (exact) mass is 224 g/mol. The lowest BCUT2D eigenvalue weighted by atomic mass is 9.95. The van der Waals surface area contributed by atoms with Crippen LogP contribution in [0.25, 0.3) is 0 Å². The molecule has 2 fully saturated rings. The van der Waals surface area contributed by atoms with Gasteiger partial charge in [-0.25, -0.2) is 0 Å². The molecule has 0 radical (unpaired) electrons. The highest BCUT2D eigenvalue weighted by atomic mass is 16.2. The maximum absolute atomic E-state index is 11.7. The lowest BCUT2D eigenvalue weighted by Crippen LogP contribution is -2.47. The summed E-state index contributed by atoms with van der Waals surface area (Å²) in [6, 6.07) is 0.466. The second-order valence-electron chi connectivity index (χ2n) is 6.45. The van der Waals surface area contributed by atoms with Crippen molar-refractivity contribution in [2.75, 3.05) is 6.54 Å². The Morgan fingerprint density at radius 3 is 2.50 bits per heavy atom. The first kappa shape index (κ1) is 11.9. The molecule has 0 aliphatic heterocycles. The molecule has 3 nitrogen and oxygen atoms in total. The Bertz CT molecular complexity index is 270. The van der Waals surface area contributed by atoms with E-state index < -0.39 is 0 Å². The Kier molecular flexibility index (Phi) is 3.24. The molecule has 2 aliphatic carbocycles. The predicted octanol–water partition coefficient (Wildman–Crippen LogP) is 1.68. The van der Waals surface area contributed by atoms with Gasteiger partial charge in [0, 0.05) is 11.6 Å². The Hall–Kier alpha value is -0.570. The highest BCUT2D eigenvalue weighted by Crippen LogP contribution is 2.44. The van der Waals surface area contributed by atoms with Gasteiger partial charge in [-0.1, -0.05) is 6.42 Å². The van der Waals surface area contributed by atoms with Crippen LogP contribution in [0.15, 0.2) is 0 Å². The molecule has 0 spiro atoms. The van der Waals surface area contributed by atoms with Gasteiger partial charge in [0.2, 0.25) is 5.91 Å². The smallest absolute Gasteiger partial charge is 0.234 e. The average Bonchev–Trinajstić information content (AvgIpc) is 2.75. The summed E-state index contributed by atoms with van der Waals surface area (Å²) in [4.78, 5) is 11.7. The quantitative estimate of drug-likeness (QED) is 0.766. The van der Waals surface area contributed by atoms with Gasteiger partial charge in [-0.2, -0.15) is 0 Å². The van der Waals surface area contributed by atoms with Gasteiger partial charge in [0.25, 0.3) is 0 Å². The Labute approximate surface area is 98.4 Å². The standard InChI is InChI=1S/C13H24N2O/c1-13(2,3)14-8-12(16)15-11-7-9-4-5-10(11)6-9/h9-11,14H,4-8H2,1-3H3,(H,15,16). The number of hydrogen-bond acceptors (Lipinski definition) is 2. The number of carbonyl (C=O) groups is 1. The summed E-state index contributed by atoms with van der Waals surface area (Å²) in [5, 5.41) is 6.41. The first-order chi connectivity index (χ1) is 7.44. The third-order valence-electron chi connectivity index (χ3n) is 3.86. The number of nitrogens with one attached hydrogen (secondary N) is 2. The number of fused-ring (bicyclic) bond motifs is 2. The fourth-order valence-corrected chi connectivity index (χ4v) is 3.02. The van der Waals surface area contributed by atoms with Crippen LogP contribution in [-0.2, 0) is 4.79 Å². The van der Waals surface area contributed by atoms with E-state index in [2.05, 4.69) is 31.4 Å². The van der Waals surface area contributed by atoms with Crippen molar-refractivity contribution in [1.29, 1.82) is 0 Å². The van der Waals surface area contributed by atoms with Crippen molar-refractivity contribution in [2.24, 2.45) is 11.8 Å². The summed E-state index contributed by atoms with van der Waals surface area (Å²) in [6.07, 6.45) is 5.27. The van der Waals surface area contributed by atoms with Crippen molar-refractivity contribution in [1.82, 2.24) is 10.6 Å². The van der Waals surface area contributed by atoms with Gasteiger partial charge in [-0.05, 0) is 51.9 Å². The zero-order valence-corrected chi connectivity index (χ0v) is 10.7. The van der Waals surface area contributed by atoms with Crippen LogP contribution in [0, 0.1) is 11.8 Å². The van der Waals surface area contributed by atoms with Crippen molar-refractivity contribution in [3.63, 3.8) is 0 Å². The zero-order chi connectivity index (χ0) is 11.8. The maximum Gasteiger partial charge on any atom is 0.234 e. The van der Waals surface area contributed by atoms with E-state index in [1.54, 1.807) is 0 Å². The van der Waals surface area contributed by atoms with E-state index in [9.17, 15) is 4.79 Å². The number of hydrogen-bond donors (Lipinski definition) is 2. The molecule has 2 bridgehead atoms. The highest BCUT2D eigenvalue weighted by Gasteiger charge is 2.39. The third-order valence-corrected chi connectivity index (χ3v) is 3.86. The molecule has 1 amide bonds. The minimum Gasteiger partial charge on any atom is -0.352 e.